The van der Waals surface area contributed by atoms with E-state index in [0.29, 0.717) is 16.4 Å². The highest BCUT2D eigenvalue weighted by Gasteiger charge is 2.09. The molecule has 3 aromatic rings. The number of nitrogens with one attached hydrogen (secondary N) is 1. The number of carbonyl (C=O) groups excluding carboxylic acids is 1. The van der Waals surface area contributed by atoms with Crippen LogP contribution in [0.2, 0.25) is 0 Å². The van der Waals surface area contributed by atoms with Gasteiger partial charge in [0.05, 0.1) is 17.1 Å². The van der Waals surface area contributed by atoms with Crippen molar-refractivity contribution in [2.75, 3.05) is 11.1 Å². The molecule has 2 aromatic heterocycles. The first-order valence-corrected chi connectivity index (χ1v) is 9.16. The van der Waals surface area contributed by atoms with E-state index in [4.69, 9.17) is 0 Å². The molecule has 0 fully saturated rings. The number of halogens is 1. The van der Waals surface area contributed by atoms with E-state index in [2.05, 4.69) is 10.3 Å². The molecule has 0 saturated heterocycles. The number of aromatic nitrogens is 2. The molecule has 8 heteroatoms. The van der Waals surface area contributed by atoms with Crippen LogP contribution in [-0.2, 0) is 10.5 Å². The molecule has 3 rings (SSSR count). The predicted molar refractivity (Wildman–Crippen MR) is 95.3 cm³/mol. The van der Waals surface area contributed by atoms with Gasteiger partial charge in [-0.1, -0.05) is 6.07 Å². The van der Waals surface area contributed by atoms with Crippen LogP contribution >= 0.6 is 23.1 Å². The molecule has 0 spiro atoms. The highest BCUT2D eigenvalue weighted by Crippen LogP contribution is 2.17. The summed E-state index contributed by atoms with van der Waals surface area (Å²) in [5.74, 6) is -0.165. The van der Waals surface area contributed by atoms with Crippen LogP contribution in [0.3, 0.4) is 0 Å². The molecule has 1 N–H and O–H groups in total. The summed E-state index contributed by atoms with van der Waals surface area (Å²) in [6.45, 7) is 1.83. The van der Waals surface area contributed by atoms with Crippen LogP contribution < -0.4 is 10.9 Å². The summed E-state index contributed by atoms with van der Waals surface area (Å²) in [6, 6.07) is 6.02. The van der Waals surface area contributed by atoms with Gasteiger partial charge in [-0.2, -0.15) is 0 Å². The van der Waals surface area contributed by atoms with Gasteiger partial charge in [0.15, 0.2) is 4.96 Å². The second kappa shape index (κ2) is 7.14. The zero-order valence-corrected chi connectivity index (χ0v) is 14.4. The SMILES string of the molecule is Cc1ccc(F)c(NC(=O)CSCc2cc(=O)n3ccsc3n2)c1. The number of carbonyl (C=O) groups is 1. The number of hydrogen-bond acceptors (Lipinski definition) is 5. The van der Waals surface area contributed by atoms with E-state index in [-0.39, 0.29) is 22.9 Å². The van der Waals surface area contributed by atoms with Crippen molar-refractivity contribution in [3.05, 3.63) is 63.3 Å². The van der Waals surface area contributed by atoms with Gasteiger partial charge < -0.3 is 5.32 Å². The number of hydrogen-bond donors (Lipinski definition) is 1. The summed E-state index contributed by atoms with van der Waals surface area (Å²) in [4.78, 5) is 28.8. The maximum Gasteiger partial charge on any atom is 0.258 e. The molecule has 0 atom stereocenters. The lowest BCUT2D eigenvalue weighted by molar-refractivity contribution is -0.113. The van der Waals surface area contributed by atoms with E-state index in [1.807, 2.05) is 6.92 Å². The number of fused-ring (bicyclic) bond motifs is 1. The summed E-state index contributed by atoms with van der Waals surface area (Å²) >= 11 is 2.70. The third-order valence-corrected chi connectivity index (χ3v) is 4.96. The summed E-state index contributed by atoms with van der Waals surface area (Å²) in [7, 11) is 0. The molecule has 1 amide bonds. The molecule has 0 aliphatic heterocycles. The Morgan fingerprint density at radius 1 is 1.42 bits per heavy atom. The molecule has 0 saturated carbocycles. The fourth-order valence-electron chi connectivity index (χ4n) is 2.13. The Balaban J connectivity index is 1.58. The van der Waals surface area contributed by atoms with E-state index < -0.39 is 5.82 Å². The Labute approximate surface area is 145 Å². The van der Waals surface area contributed by atoms with Gasteiger partial charge in [0.25, 0.3) is 5.56 Å². The van der Waals surface area contributed by atoms with Gasteiger partial charge in [-0.3, -0.25) is 14.0 Å². The molecule has 0 aliphatic rings. The van der Waals surface area contributed by atoms with Gasteiger partial charge in [0, 0.05) is 23.4 Å². The normalized spacial score (nSPS) is 10.9. The Bertz CT molecular complexity index is 952. The molecule has 0 unspecified atom stereocenters. The molecule has 1 aromatic carbocycles. The summed E-state index contributed by atoms with van der Waals surface area (Å²) in [5, 5.41) is 4.35. The van der Waals surface area contributed by atoms with Crippen LogP contribution in [0.4, 0.5) is 10.1 Å². The summed E-state index contributed by atoms with van der Waals surface area (Å²) in [6.07, 6.45) is 1.68. The van der Waals surface area contributed by atoms with Gasteiger partial charge in [0.1, 0.15) is 5.82 Å². The highest BCUT2D eigenvalue weighted by atomic mass is 32.2. The van der Waals surface area contributed by atoms with Crippen molar-refractivity contribution in [3.63, 3.8) is 0 Å². The minimum atomic E-state index is -0.461. The molecule has 0 aliphatic carbocycles. The molecule has 124 valence electrons. The molecular weight excluding hydrogens is 349 g/mol. The van der Waals surface area contributed by atoms with Gasteiger partial charge in [-0.25, -0.2) is 9.37 Å². The number of benzene rings is 1. The zero-order valence-electron chi connectivity index (χ0n) is 12.8. The number of rotatable bonds is 5. The van der Waals surface area contributed by atoms with E-state index in [9.17, 15) is 14.0 Å². The van der Waals surface area contributed by atoms with Crippen molar-refractivity contribution in [2.45, 2.75) is 12.7 Å². The second-order valence-electron chi connectivity index (χ2n) is 5.17. The van der Waals surface area contributed by atoms with Crippen LogP contribution in [0.1, 0.15) is 11.3 Å². The Morgan fingerprint density at radius 3 is 3.08 bits per heavy atom. The average molecular weight is 363 g/mol. The molecule has 0 bridgehead atoms. The van der Waals surface area contributed by atoms with Crippen molar-refractivity contribution in [3.8, 4) is 0 Å². The molecule has 2 heterocycles. The van der Waals surface area contributed by atoms with Crippen LogP contribution in [0.15, 0.2) is 40.6 Å². The van der Waals surface area contributed by atoms with Crippen LogP contribution in [0, 0.1) is 12.7 Å². The average Bonchev–Trinajstić information content (AvgIpc) is 3.00. The topological polar surface area (TPSA) is 63.5 Å². The van der Waals surface area contributed by atoms with E-state index >= 15 is 0 Å². The van der Waals surface area contributed by atoms with Crippen molar-refractivity contribution in [1.29, 1.82) is 0 Å². The van der Waals surface area contributed by atoms with Gasteiger partial charge in [0.2, 0.25) is 5.91 Å². The van der Waals surface area contributed by atoms with Crippen LogP contribution in [0.5, 0.6) is 0 Å². The lowest BCUT2D eigenvalue weighted by atomic mass is 10.2. The Morgan fingerprint density at radius 2 is 2.25 bits per heavy atom. The van der Waals surface area contributed by atoms with E-state index in [0.717, 1.165) is 5.56 Å². The third kappa shape index (κ3) is 3.82. The number of thioether (sulfide) groups is 1. The third-order valence-electron chi connectivity index (χ3n) is 3.24. The first kappa shape index (κ1) is 16.7. The van der Waals surface area contributed by atoms with Gasteiger partial charge >= 0.3 is 0 Å². The largest absolute Gasteiger partial charge is 0.323 e. The lowest BCUT2D eigenvalue weighted by Gasteiger charge is -2.07. The summed E-state index contributed by atoms with van der Waals surface area (Å²) < 4.78 is 15.1. The Kier molecular flexibility index (Phi) is 4.96. The van der Waals surface area contributed by atoms with Crippen molar-refractivity contribution in [2.24, 2.45) is 0 Å². The van der Waals surface area contributed by atoms with Gasteiger partial charge in [-0.15, -0.1) is 23.1 Å². The fraction of sp³-hybridized carbons (Fsp3) is 0.188. The first-order chi connectivity index (χ1) is 11.5. The maximum absolute atomic E-state index is 13.6. The monoisotopic (exact) mass is 363 g/mol. The molecular formula is C16H14FN3O2S2. The van der Waals surface area contributed by atoms with Crippen molar-refractivity contribution in [1.82, 2.24) is 9.38 Å². The van der Waals surface area contributed by atoms with Crippen LogP contribution in [0.25, 0.3) is 4.96 Å². The quantitative estimate of drug-likeness (QED) is 0.757. The van der Waals surface area contributed by atoms with E-state index in [1.54, 1.807) is 23.7 Å². The van der Waals surface area contributed by atoms with E-state index in [1.165, 1.54) is 39.6 Å². The first-order valence-electron chi connectivity index (χ1n) is 7.12. The highest BCUT2D eigenvalue weighted by molar-refractivity contribution is 7.99. The van der Waals surface area contributed by atoms with Gasteiger partial charge in [-0.05, 0) is 24.6 Å². The molecule has 0 radical (unpaired) electrons. The number of aryl methyl sites for hydroxylation is 1. The predicted octanol–water partition coefficient (Wildman–Crippen LogP) is 3.08. The zero-order chi connectivity index (χ0) is 17.1. The molecule has 5 nitrogen and oxygen atoms in total. The minimum Gasteiger partial charge on any atom is -0.323 e. The number of anilines is 1. The number of thiazole rings is 1. The standard InChI is InChI=1S/C16H14FN3O2S2/c1-10-2-3-12(17)13(6-10)19-14(21)9-23-8-11-7-15(22)20-4-5-24-16(20)18-11/h2-7H,8-9H2,1H3,(H,19,21). The lowest BCUT2D eigenvalue weighted by Crippen LogP contribution is -2.16. The molecule has 24 heavy (non-hydrogen) atoms. The smallest absolute Gasteiger partial charge is 0.258 e. The fourth-order valence-corrected chi connectivity index (χ4v) is 3.59. The van der Waals surface area contributed by atoms with Crippen molar-refractivity contribution >= 4 is 39.7 Å². The van der Waals surface area contributed by atoms with Crippen molar-refractivity contribution < 1.29 is 9.18 Å². The number of amides is 1. The number of nitrogens with zero attached hydrogens (tertiary/aromatic N) is 2. The Hall–Kier alpha value is -2.19. The maximum atomic E-state index is 13.6. The minimum absolute atomic E-state index is 0.136. The second-order valence-corrected chi connectivity index (χ2v) is 7.02. The summed E-state index contributed by atoms with van der Waals surface area (Å²) in [5.41, 5.74) is 1.54. The van der Waals surface area contributed by atoms with Crippen LogP contribution in [-0.4, -0.2) is 21.0 Å².